The molecule has 2 rings (SSSR count). The predicted molar refractivity (Wildman–Crippen MR) is 70.6 cm³/mol. The van der Waals surface area contributed by atoms with Crippen LogP contribution in [-0.2, 0) is 9.59 Å². The molecule has 0 bridgehead atoms. The van der Waals surface area contributed by atoms with E-state index in [1.165, 1.54) is 11.9 Å². The van der Waals surface area contributed by atoms with E-state index in [1.807, 2.05) is 43.3 Å². The second kappa shape index (κ2) is 4.68. The Kier molecular flexibility index (Phi) is 3.23. The number of hydrogen-bond donors (Lipinski definition) is 1. The Bertz CT molecular complexity index is 485. The molecule has 0 spiro atoms. The lowest BCUT2D eigenvalue weighted by Crippen LogP contribution is -2.32. The molecule has 0 saturated carbocycles. The third-order valence-corrected chi connectivity index (χ3v) is 3.10. The van der Waals surface area contributed by atoms with Gasteiger partial charge >= 0.3 is 0 Å². The molecule has 1 atom stereocenters. The van der Waals surface area contributed by atoms with Gasteiger partial charge < -0.3 is 10.2 Å². The smallest absolute Gasteiger partial charge is 0.251 e. The lowest BCUT2D eigenvalue weighted by Gasteiger charge is -2.20. The molecule has 1 heterocycles. The summed E-state index contributed by atoms with van der Waals surface area (Å²) < 4.78 is 0. The molecule has 2 amide bonds. The zero-order chi connectivity index (χ0) is 13.3. The molecular weight excluding hydrogens is 230 g/mol. The molecule has 96 valence electrons. The third-order valence-electron chi connectivity index (χ3n) is 3.10. The Morgan fingerprint density at radius 3 is 2.50 bits per heavy atom. The second-order valence-electron chi connectivity index (χ2n) is 4.60. The summed E-state index contributed by atoms with van der Waals surface area (Å²) in [6.07, 6.45) is 0.219. The average molecular weight is 247 g/mol. The molecule has 5 heteroatoms. The van der Waals surface area contributed by atoms with Crippen LogP contribution < -0.4 is 10.2 Å². The SMILES string of the molecule is CN1C(=O)CC(Nc2ccccc2N(C)C)C1=O. The quantitative estimate of drug-likeness (QED) is 0.807. The number of benzene rings is 1. The molecule has 1 N–H and O–H groups in total. The molecule has 1 aliphatic heterocycles. The summed E-state index contributed by atoms with van der Waals surface area (Å²) in [4.78, 5) is 26.4. The van der Waals surface area contributed by atoms with Crippen molar-refractivity contribution in [3.63, 3.8) is 0 Å². The van der Waals surface area contributed by atoms with Crippen molar-refractivity contribution in [2.45, 2.75) is 12.5 Å². The van der Waals surface area contributed by atoms with Gasteiger partial charge in [-0.25, -0.2) is 0 Å². The number of nitrogens with zero attached hydrogens (tertiary/aromatic N) is 2. The lowest BCUT2D eigenvalue weighted by atomic mass is 10.2. The van der Waals surface area contributed by atoms with Gasteiger partial charge in [-0.05, 0) is 12.1 Å². The Hall–Kier alpha value is -2.04. The van der Waals surface area contributed by atoms with Gasteiger partial charge in [0.25, 0.3) is 5.91 Å². The number of hydrogen-bond acceptors (Lipinski definition) is 4. The van der Waals surface area contributed by atoms with E-state index in [2.05, 4.69) is 5.32 Å². The van der Waals surface area contributed by atoms with Crippen LogP contribution in [0.15, 0.2) is 24.3 Å². The molecule has 18 heavy (non-hydrogen) atoms. The Labute approximate surface area is 106 Å². The summed E-state index contributed by atoms with van der Waals surface area (Å²) in [5, 5.41) is 3.15. The van der Waals surface area contributed by atoms with E-state index in [0.717, 1.165) is 11.4 Å². The number of carbonyl (C=O) groups excluding carboxylic acids is 2. The van der Waals surface area contributed by atoms with Crippen LogP contribution in [0.5, 0.6) is 0 Å². The van der Waals surface area contributed by atoms with Crippen LogP contribution in [0.25, 0.3) is 0 Å². The number of carbonyl (C=O) groups is 2. The van der Waals surface area contributed by atoms with E-state index < -0.39 is 6.04 Å². The molecule has 0 radical (unpaired) electrons. The van der Waals surface area contributed by atoms with Crippen molar-refractivity contribution < 1.29 is 9.59 Å². The zero-order valence-corrected chi connectivity index (χ0v) is 10.8. The number of anilines is 2. The van der Waals surface area contributed by atoms with Crippen molar-refractivity contribution in [1.82, 2.24) is 4.90 Å². The van der Waals surface area contributed by atoms with Crippen LogP contribution in [0.2, 0.25) is 0 Å². The van der Waals surface area contributed by atoms with E-state index in [1.54, 1.807) is 0 Å². The molecule has 5 nitrogen and oxygen atoms in total. The highest BCUT2D eigenvalue weighted by Crippen LogP contribution is 2.26. The molecular formula is C13H17N3O2. The lowest BCUT2D eigenvalue weighted by molar-refractivity contribution is -0.136. The third kappa shape index (κ3) is 2.16. The van der Waals surface area contributed by atoms with Gasteiger partial charge in [0.05, 0.1) is 17.8 Å². The summed E-state index contributed by atoms with van der Waals surface area (Å²) in [6, 6.07) is 7.26. The maximum Gasteiger partial charge on any atom is 0.251 e. The highest BCUT2D eigenvalue weighted by molar-refractivity contribution is 6.06. The summed E-state index contributed by atoms with van der Waals surface area (Å²) in [5.41, 5.74) is 1.86. The number of rotatable bonds is 3. The number of para-hydroxylation sites is 2. The van der Waals surface area contributed by atoms with Crippen molar-refractivity contribution in [3.8, 4) is 0 Å². The van der Waals surface area contributed by atoms with Crippen LogP contribution in [-0.4, -0.2) is 43.9 Å². The van der Waals surface area contributed by atoms with Crippen molar-refractivity contribution in [1.29, 1.82) is 0 Å². The van der Waals surface area contributed by atoms with E-state index >= 15 is 0 Å². The first-order valence-corrected chi connectivity index (χ1v) is 5.84. The Morgan fingerprint density at radius 2 is 1.94 bits per heavy atom. The molecule has 0 aromatic heterocycles. The van der Waals surface area contributed by atoms with Crippen molar-refractivity contribution >= 4 is 23.2 Å². The fraction of sp³-hybridized carbons (Fsp3) is 0.385. The molecule has 1 saturated heterocycles. The number of likely N-dealkylation sites (N-methyl/N-ethyl adjacent to an activating group) is 1. The van der Waals surface area contributed by atoms with E-state index in [4.69, 9.17) is 0 Å². The summed E-state index contributed by atoms with van der Waals surface area (Å²) >= 11 is 0. The first kappa shape index (κ1) is 12.4. The summed E-state index contributed by atoms with van der Waals surface area (Å²) in [6.45, 7) is 0. The van der Waals surface area contributed by atoms with Gasteiger partial charge in [0.2, 0.25) is 5.91 Å². The van der Waals surface area contributed by atoms with Gasteiger partial charge in [-0.3, -0.25) is 14.5 Å². The Balaban J connectivity index is 2.20. The standard InChI is InChI=1S/C13H17N3O2/c1-15(2)11-7-5-4-6-9(11)14-10-8-12(17)16(3)13(10)18/h4-7,10,14H,8H2,1-3H3. The minimum atomic E-state index is -0.455. The van der Waals surface area contributed by atoms with Gasteiger partial charge in [0.1, 0.15) is 6.04 Å². The molecule has 1 fully saturated rings. The molecule has 1 aromatic rings. The number of nitrogens with one attached hydrogen (secondary N) is 1. The highest BCUT2D eigenvalue weighted by atomic mass is 16.2. The molecule has 1 aliphatic rings. The topological polar surface area (TPSA) is 52.7 Å². The number of amides is 2. The minimum Gasteiger partial charge on any atom is -0.376 e. The van der Waals surface area contributed by atoms with Gasteiger partial charge in [-0.2, -0.15) is 0 Å². The van der Waals surface area contributed by atoms with Crippen LogP contribution in [0.3, 0.4) is 0 Å². The summed E-state index contributed by atoms with van der Waals surface area (Å²) in [5.74, 6) is -0.312. The molecule has 1 aromatic carbocycles. The Morgan fingerprint density at radius 1 is 1.28 bits per heavy atom. The first-order chi connectivity index (χ1) is 8.50. The van der Waals surface area contributed by atoms with Crippen molar-refractivity contribution in [2.75, 3.05) is 31.4 Å². The van der Waals surface area contributed by atoms with E-state index in [-0.39, 0.29) is 18.2 Å². The largest absolute Gasteiger partial charge is 0.376 e. The average Bonchev–Trinajstić information content (AvgIpc) is 2.57. The van der Waals surface area contributed by atoms with Crippen molar-refractivity contribution in [3.05, 3.63) is 24.3 Å². The zero-order valence-electron chi connectivity index (χ0n) is 10.8. The van der Waals surface area contributed by atoms with Gasteiger partial charge in [0, 0.05) is 21.1 Å². The predicted octanol–water partition coefficient (Wildman–Crippen LogP) is 0.922. The van der Waals surface area contributed by atoms with Crippen LogP contribution >= 0.6 is 0 Å². The maximum absolute atomic E-state index is 11.8. The number of likely N-dealkylation sites (tertiary alicyclic amines) is 1. The normalized spacial score (nSPS) is 19.3. The molecule has 1 unspecified atom stereocenters. The van der Waals surface area contributed by atoms with Crippen molar-refractivity contribution in [2.24, 2.45) is 0 Å². The summed E-state index contributed by atoms with van der Waals surface area (Å²) in [7, 11) is 5.40. The number of imide groups is 1. The monoisotopic (exact) mass is 247 g/mol. The van der Waals surface area contributed by atoms with E-state index in [9.17, 15) is 9.59 Å². The fourth-order valence-electron chi connectivity index (χ4n) is 2.04. The minimum absolute atomic E-state index is 0.139. The van der Waals surface area contributed by atoms with E-state index in [0.29, 0.717) is 0 Å². The van der Waals surface area contributed by atoms with Crippen LogP contribution in [0.1, 0.15) is 6.42 Å². The molecule has 0 aliphatic carbocycles. The van der Waals surface area contributed by atoms with Crippen LogP contribution in [0.4, 0.5) is 11.4 Å². The van der Waals surface area contributed by atoms with Gasteiger partial charge in [-0.15, -0.1) is 0 Å². The first-order valence-electron chi connectivity index (χ1n) is 5.84. The van der Waals surface area contributed by atoms with Gasteiger partial charge in [0.15, 0.2) is 0 Å². The fourth-order valence-corrected chi connectivity index (χ4v) is 2.04. The second-order valence-corrected chi connectivity index (χ2v) is 4.60. The van der Waals surface area contributed by atoms with Gasteiger partial charge in [-0.1, -0.05) is 12.1 Å². The maximum atomic E-state index is 11.8. The highest BCUT2D eigenvalue weighted by Gasteiger charge is 2.36. The van der Waals surface area contributed by atoms with Crippen LogP contribution in [0, 0.1) is 0 Å².